The molecule has 5 heteroatoms. The maximum absolute atomic E-state index is 11.3. The molecular weight excluding hydrogens is 308 g/mol. The third kappa shape index (κ3) is 3.15. The van der Waals surface area contributed by atoms with Crippen molar-refractivity contribution in [2.24, 2.45) is 0 Å². The van der Waals surface area contributed by atoms with Crippen LogP contribution in [0.2, 0.25) is 0 Å². The van der Waals surface area contributed by atoms with Gasteiger partial charge in [-0.1, -0.05) is 12.1 Å². The van der Waals surface area contributed by atoms with Gasteiger partial charge in [0.25, 0.3) is 0 Å². The van der Waals surface area contributed by atoms with Crippen LogP contribution in [0.1, 0.15) is 30.1 Å². The van der Waals surface area contributed by atoms with Gasteiger partial charge in [-0.05, 0) is 35.9 Å². The molecule has 1 aliphatic rings. The molecule has 1 aliphatic heterocycles. The zero-order valence-electron chi connectivity index (χ0n) is 13.9. The maximum atomic E-state index is 11.3. The maximum Gasteiger partial charge on any atom is 0.302 e. The molecule has 0 amide bonds. The van der Waals surface area contributed by atoms with Crippen LogP contribution in [-0.2, 0) is 9.53 Å². The fourth-order valence-electron chi connectivity index (χ4n) is 2.91. The Morgan fingerprint density at radius 3 is 2.33 bits per heavy atom. The minimum absolute atomic E-state index is 0.0904. The van der Waals surface area contributed by atoms with Gasteiger partial charge in [-0.25, -0.2) is 0 Å². The number of hydrogen-bond acceptors (Lipinski definition) is 5. The SMILES string of the molecule is COc1ccc([C@H]2Oc3ccc(OC)cc3[C@@H]2COC(C)=O)cc1. The molecule has 0 saturated carbocycles. The highest BCUT2D eigenvalue weighted by atomic mass is 16.5. The summed E-state index contributed by atoms with van der Waals surface area (Å²) in [6.07, 6.45) is -0.225. The number of carbonyl (C=O) groups excluding carboxylic acids is 1. The van der Waals surface area contributed by atoms with Crippen molar-refractivity contribution < 1.29 is 23.7 Å². The van der Waals surface area contributed by atoms with Gasteiger partial charge in [0.15, 0.2) is 0 Å². The number of fused-ring (bicyclic) bond motifs is 1. The van der Waals surface area contributed by atoms with E-state index in [9.17, 15) is 4.79 Å². The van der Waals surface area contributed by atoms with E-state index < -0.39 is 0 Å². The summed E-state index contributed by atoms with van der Waals surface area (Å²) in [7, 11) is 3.26. The number of methoxy groups -OCH3 is 2. The average Bonchev–Trinajstić information content (AvgIpc) is 2.97. The Bertz CT molecular complexity index is 723. The van der Waals surface area contributed by atoms with Crippen molar-refractivity contribution in [3.63, 3.8) is 0 Å². The minimum Gasteiger partial charge on any atom is -0.497 e. The van der Waals surface area contributed by atoms with E-state index in [-0.39, 0.29) is 24.6 Å². The van der Waals surface area contributed by atoms with Gasteiger partial charge in [0.1, 0.15) is 30.0 Å². The Kier molecular flexibility index (Phi) is 4.60. The van der Waals surface area contributed by atoms with Gasteiger partial charge < -0.3 is 18.9 Å². The van der Waals surface area contributed by atoms with Crippen molar-refractivity contribution in [1.82, 2.24) is 0 Å². The number of ether oxygens (including phenoxy) is 4. The van der Waals surface area contributed by atoms with Crippen LogP contribution in [0.15, 0.2) is 42.5 Å². The van der Waals surface area contributed by atoms with Crippen LogP contribution in [0.4, 0.5) is 0 Å². The molecule has 0 spiro atoms. The molecule has 2 atom stereocenters. The zero-order chi connectivity index (χ0) is 17.1. The molecule has 0 saturated heterocycles. The van der Waals surface area contributed by atoms with Gasteiger partial charge in [0.05, 0.1) is 20.1 Å². The summed E-state index contributed by atoms with van der Waals surface area (Å²) in [4.78, 5) is 11.3. The second kappa shape index (κ2) is 6.83. The summed E-state index contributed by atoms with van der Waals surface area (Å²) in [5.74, 6) is 1.93. The lowest BCUT2D eigenvalue weighted by atomic mass is 9.91. The van der Waals surface area contributed by atoms with Crippen LogP contribution in [0.3, 0.4) is 0 Å². The van der Waals surface area contributed by atoms with E-state index in [2.05, 4.69) is 0 Å². The summed E-state index contributed by atoms with van der Waals surface area (Å²) in [6, 6.07) is 13.4. The Balaban J connectivity index is 1.93. The number of benzene rings is 2. The summed E-state index contributed by atoms with van der Waals surface area (Å²) < 4.78 is 21.9. The van der Waals surface area contributed by atoms with Gasteiger partial charge in [-0.15, -0.1) is 0 Å². The minimum atomic E-state index is -0.306. The molecule has 24 heavy (non-hydrogen) atoms. The van der Waals surface area contributed by atoms with E-state index >= 15 is 0 Å². The number of carbonyl (C=O) groups is 1. The van der Waals surface area contributed by atoms with E-state index in [1.165, 1.54) is 6.92 Å². The first-order valence-electron chi connectivity index (χ1n) is 7.74. The highest BCUT2D eigenvalue weighted by Gasteiger charge is 2.36. The van der Waals surface area contributed by atoms with E-state index in [4.69, 9.17) is 18.9 Å². The van der Waals surface area contributed by atoms with Gasteiger partial charge in [0.2, 0.25) is 0 Å². The number of hydrogen-bond donors (Lipinski definition) is 0. The predicted molar refractivity (Wildman–Crippen MR) is 88.7 cm³/mol. The molecule has 0 aliphatic carbocycles. The van der Waals surface area contributed by atoms with Gasteiger partial charge in [-0.3, -0.25) is 4.79 Å². The normalized spacial score (nSPS) is 18.5. The lowest BCUT2D eigenvalue weighted by Crippen LogP contribution is -2.17. The molecule has 0 bridgehead atoms. The Labute approximate surface area is 141 Å². The summed E-state index contributed by atoms with van der Waals surface area (Å²) in [5.41, 5.74) is 1.99. The number of esters is 1. The van der Waals surface area contributed by atoms with Gasteiger partial charge in [0, 0.05) is 12.5 Å². The van der Waals surface area contributed by atoms with E-state index in [0.29, 0.717) is 0 Å². The molecule has 0 unspecified atom stereocenters. The van der Waals surface area contributed by atoms with Gasteiger partial charge in [-0.2, -0.15) is 0 Å². The topological polar surface area (TPSA) is 54.0 Å². The molecule has 0 aromatic heterocycles. The van der Waals surface area contributed by atoms with Crippen LogP contribution < -0.4 is 14.2 Å². The molecule has 2 aromatic rings. The zero-order valence-corrected chi connectivity index (χ0v) is 13.9. The fourth-order valence-corrected chi connectivity index (χ4v) is 2.91. The second-order valence-corrected chi connectivity index (χ2v) is 5.62. The van der Waals surface area contributed by atoms with E-state index in [1.54, 1.807) is 14.2 Å². The van der Waals surface area contributed by atoms with Crippen molar-refractivity contribution in [2.45, 2.75) is 18.9 Å². The molecule has 3 rings (SSSR count). The average molecular weight is 328 g/mol. The van der Waals surface area contributed by atoms with Crippen LogP contribution in [0, 0.1) is 0 Å². The van der Waals surface area contributed by atoms with E-state index in [1.807, 2.05) is 42.5 Å². The molecule has 0 fully saturated rings. The molecule has 5 nitrogen and oxygen atoms in total. The smallest absolute Gasteiger partial charge is 0.302 e. The lowest BCUT2D eigenvalue weighted by molar-refractivity contribution is -0.141. The third-order valence-corrected chi connectivity index (χ3v) is 4.15. The standard InChI is InChI=1S/C19H20O5/c1-12(20)23-11-17-16-10-15(22-3)8-9-18(16)24-19(17)13-4-6-14(21-2)7-5-13/h4-10,17,19H,11H2,1-3H3/t17-,19+/m0/s1. The van der Waals surface area contributed by atoms with Crippen LogP contribution in [-0.4, -0.2) is 26.8 Å². The highest BCUT2D eigenvalue weighted by Crippen LogP contribution is 2.47. The monoisotopic (exact) mass is 328 g/mol. The van der Waals surface area contributed by atoms with Crippen LogP contribution in [0.5, 0.6) is 17.2 Å². The molecule has 126 valence electrons. The van der Waals surface area contributed by atoms with Crippen molar-refractivity contribution in [2.75, 3.05) is 20.8 Å². The Morgan fingerprint density at radius 1 is 1.04 bits per heavy atom. The van der Waals surface area contributed by atoms with Gasteiger partial charge >= 0.3 is 5.97 Å². The Hall–Kier alpha value is -2.69. The third-order valence-electron chi connectivity index (χ3n) is 4.15. The summed E-state index contributed by atoms with van der Waals surface area (Å²) >= 11 is 0. The van der Waals surface area contributed by atoms with Crippen molar-refractivity contribution in [1.29, 1.82) is 0 Å². The molecule has 1 heterocycles. The summed E-state index contributed by atoms with van der Waals surface area (Å²) in [6.45, 7) is 1.66. The van der Waals surface area contributed by atoms with Crippen molar-refractivity contribution in [3.05, 3.63) is 53.6 Å². The van der Waals surface area contributed by atoms with Crippen LogP contribution in [0.25, 0.3) is 0 Å². The number of rotatable bonds is 5. The predicted octanol–water partition coefficient (Wildman–Crippen LogP) is 3.48. The quantitative estimate of drug-likeness (QED) is 0.787. The lowest BCUT2D eigenvalue weighted by Gasteiger charge is -2.19. The first-order valence-corrected chi connectivity index (χ1v) is 7.74. The molecular formula is C19H20O5. The largest absolute Gasteiger partial charge is 0.497 e. The molecule has 2 aromatic carbocycles. The fraction of sp³-hybridized carbons (Fsp3) is 0.316. The Morgan fingerprint density at radius 2 is 1.71 bits per heavy atom. The first kappa shape index (κ1) is 16.2. The van der Waals surface area contributed by atoms with Crippen molar-refractivity contribution in [3.8, 4) is 17.2 Å². The van der Waals surface area contributed by atoms with Crippen molar-refractivity contribution >= 4 is 5.97 Å². The molecule has 0 N–H and O–H groups in total. The van der Waals surface area contributed by atoms with Crippen LogP contribution >= 0.6 is 0 Å². The molecule has 0 radical (unpaired) electrons. The second-order valence-electron chi connectivity index (χ2n) is 5.62. The van der Waals surface area contributed by atoms with E-state index in [0.717, 1.165) is 28.4 Å². The first-order chi connectivity index (χ1) is 11.6. The summed E-state index contributed by atoms with van der Waals surface area (Å²) in [5, 5.41) is 0. The highest BCUT2D eigenvalue weighted by molar-refractivity contribution is 5.66.